The van der Waals surface area contributed by atoms with E-state index in [1.54, 1.807) is 6.26 Å². The highest BCUT2D eigenvalue weighted by Crippen LogP contribution is 2.21. The largest absolute Gasteiger partial charge is 0.467 e. The van der Waals surface area contributed by atoms with Gasteiger partial charge in [0.05, 0.1) is 12.4 Å². The molecule has 5 nitrogen and oxygen atoms in total. The van der Waals surface area contributed by atoms with E-state index in [9.17, 15) is 0 Å². The minimum absolute atomic E-state index is 0.00796. The van der Waals surface area contributed by atoms with Gasteiger partial charge < -0.3 is 19.0 Å². The van der Waals surface area contributed by atoms with Crippen molar-refractivity contribution >= 4 is 0 Å². The Kier molecular flexibility index (Phi) is 4.18. The summed E-state index contributed by atoms with van der Waals surface area (Å²) in [5.41, 5.74) is 0. The molecule has 1 aliphatic rings. The van der Waals surface area contributed by atoms with Gasteiger partial charge in [0.25, 0.3) is 0 Å². The first kappa shape index (κ1) is 13.4. The van der Waals surface area contributed by atoms with Crippen LogP contribution in [-0.2, 0) is 11.8 Å². The number of imidazole rings is 1. The molecule has 2 aromatic rings. The van der Waals surface area contributed by atoms with Gasteiger partial charge in [0.1, 0.15) is 17.6 Å². The topological polar surface area (TPSA) is 52.2 Å². The molecule has 20 heavy (non-hydrogen) atoms. The van der Waals surface area contributed by atoms with Crippen LogP contribution in [-0.4, -0.2) is 28.8 Å². The smallest absolute Gasteiger partial charge is 0.133 e. The Bertz CT molecular complexity index is 515. The van der Waals surface area contributed by atoms with Crippen molar-refractivity contribution < 1.29 is 9.15 Å². The Balaban J connectivity index is 1.65. The maximum atomic E-state index is 5.66. The van der Waals surface area contributed by atoms with E-state index in [1.165, 1.54) is 12.8 Å². The first-order chi connectivity index (χ1) is 9.84. The van der Waals surface area contributed by atoms with E-state index in [4.69, 9.17) is 9.15 Å². The van der Waals surface area contributed by atoms with Crippen LogP contribution >= 0.6 is 0 Å². The maximum absolute atomic E-state index is 5.66. The number of furan rings is 1. The average Bonchev–Trinajstić information content (AvgIpc) is 3.18. The van der Waals surface area contributed by atoms with E-state index in [-0.39, 0.29) is 6.04 Å². The van der Waals surface area contributed by atoms with Gasteiger partial charge in [-0.3, -0.25) is 0 Å². The van der Waals surface area contributed by atoms with E-state index in [0.29, 0.717) is 6.10 Å². The molecule has 0 spiro atoms. The number of hydrogen-bond acceptors (Lipinski definition) is 4. The fourth-order valence-corrected chi connectivity index (χ4v) is 2.69. The van der Waals surface area contributed by atoms with Gasteiger partial charge in [-0.05, 0) is 37.9 Å². The molecule has 2 unspecified atom stereocenters. The highest BCUT2D eigenvalue weighted by Gasteiger charge is 2.21. The van der Waals surface area contributed by atoms with Crippen molar-refractivity contribution in [2.45, 2.75) is 31.4 Å². The predicted octanol–water partition coefficient (Wildman–Crippen LogP) is 2.26. The lowest BCUT2D eigenvalue weighted by molar-refractivity contribution is 0.103. The van der Waals surface area contributed by atoms with Crippen LogP contribution in [0.25, 0.3) is 0 Å². The number of nitrogens with one attached hydrogen (secondary N) is 1. The van der Waals surface area contributed by atoms with Gasteiger partial charge in [-0.15, -0.1) is 0 Å². The summed E-state index contributed by atoms with van der Waals surface area (Å²) in [7, 11) is 2.00. The fraction of sp³-hybridized carbons (Fsp3) is 0.533. The van der Waals surface area contributed by atoms with Gasteiger partial charge in [-0.2, -0.15) is 0 Å². The lowest BCUT2D eigenvalue weighted by Crippen LogP contribution is -2.27. The van der Waals surface area contributed by atoms with Gasteiger partial charge in [0.2, 0.25) is 0 Å². The quantitative estimate of drug-likeness (QED) is 0.878. The number of ether oxygens (including phenoxy) is 1. The minimum atomic E-state index is -0.00796. The molecular formula is C15H21N3O2. The van der Waals surface area contributed by atoms with Crippen LogP contribution in [0.15, 0.2) is 35.2 Å². The Morgan fingerprint density at radius 3 is 3.15 bits per heavy atom. The molecule has 0 aromatic carbocycles. The zero-order valence-corrected chi connectivity index (χ0v) is 11.8. The monoisotopic (exact) mass is 275 g/mol. The number of hydrogen-bond donors (Lipinski definition) is 1. The van der Waals surface area contributed by atoms with Gasteiger partial charge in [-0.25, -0.2) is 4.98 Å². The van der Waals surface area contributed by atoms with E-state index in [2.05, 4.69) is 10.3 Å². The zero-order valence-electron chi connectivity index (χ0n) is 11.8. The van der Waals surface area contributed by atoms with Gasteiger partial charge in [0.15, 0.2) is 0 Å². The summed E-state index contributed by atoms with van der Waals surface area (Å²) in [5.74, 6) is 1.86. The van der Waals surface area contributed by atoms with Crippen LogP contribution in [0.3, 0.4) is 0 Å². The summed E-state index contributed by atoms with van der Waals surface area (Å²) >= 11 is 0. The second kappa shape index (κ2) is 6.24. The van der Waals surface area contributed by atoms with Crippen molar-refractivity contribution in [3.8, 4) is 0 Å². The summed E-state index contributed by atoms with van der Waals surface area (Å²) in [6, 6.07) is 3.89. The van der Waals surface area contributed by atoms with Crippen molar-refractivity contribution in [2.75, 3.05) is 13.2 Å². The van der Waals surface area contributed by atoms with Crippen LogP contribution in [0.4, 0.5) is 0 Å². The zero-order chi connectivity index (χ0) is 13.8. The van der Waals surface area contributed by atoms with Crippen molar-refractivity contribution in [2.24, 2.45) is 7.05 Å². The third-order valence-electron chi connectivity index (χ3n) is 3.78. The van der Waals surface area contributed by atoms with Crippen LogP contribution in [0.1, 0.15) is 36.9 Å². The summed E-state index contributed by atoms with van der Waals surface area (Å²) in [6.45, 7) is 1.80. The first-order valence-electron chi connectivity index (χ1n) is 7.20. The first-order valence-corrected chi connectivity index (χ1v) is 7.20. The second-order valence-electron chi connectivity index (χ2n) is 5.22. The molecule has 3 rings (SSSR count). The predicted molar refractivity (Wildman–Crippen MR) is 75.4 cm³/mol. The van der Waals surface area contributed by atoms with Crippen LogP contribution in [0.5, 0.6) is 0 Å². The molecular weight excluding hydrogens is 254 g/mol. The van der Waals surface area contributed by atoms with E-state index >= 15 is 0 Å². The molecule has 1 N–H and O–H groups in total. The van der Waals surface area contributed by atoms with Gasteiger partial charge in [0, 0.05) is 26.0 Å². The molecule has 0 bridgehead atoms. The molecule has 3 heterocycles. The molecule has 0 aliphatic carbocycles. The number of rotatable bonds is 6. The van der Waals surface area contributed by atoms with Crippen molar-refractivity contribution in [3.63, 3.8) is 0 Å². The summed E-state index contributed by atoms with van der Waals surface area (Å²) in [5, 5.41) is 3.54. The minimum Gasteiger partial charge on any atom is -0.467 e. The van der Waals surface area contributed by atoms with E-state index < -0.39 is 0 Å². The standard InChI is InChI=1S/C15H21N3O2/c1-18-9-8-17-15(18)14(13-5-3-11-20-13)16-7-6-12-4-2-10-19-12/h3,5,8-9,11-12,14,16H,2,4,6-7,10H2,1H3. The number of aryl methyl sites for hydroxylation is 1. The fourth-order valence-electron chi connectivity index (χ4n) is 2.69. The molecule has 2 aromatic heterocycles. The summed E-state index contributed by atoms with van der Waals surface area (Å²) in [4.78, 5) is 4.43. The average molecular weight is 275 g/mol. The lowest BCUT2D eigenvalue weighted by Gasteiger charge is -2.18. The van der Waals surface area contributed by atoms with Crippen molar-refractivity contribution in [1.29, 1.82) is 0 Å². The molecule has 0 radical (unpaired) electrons. The molecule has 5 heteroatoms. The lowest BCUT2D eigenvalue weighted by atomic mass is 10.1. The Labute approximate surface area is 118 Å². The Morgan fingerprint density at radius 2 is 2.50 bits per heavy atom. The van der Waals surface area contributed by atoms with Crippen molar-refractivity contribution in [3.05, 3.63) is 42.4 Å². The molecule has 0 amide bonds. The highest BCUT2D eigenvalue weighted by molar-refractivity contribution is 5.15. The summed E-state index contributed by atoms with van der Waals surface area (Å²) in [6.07, 6.45) is 9.26. The van der Waals surface area contributed by atoms with Crippen LogP contribution in [0, 0.1) is 0 Å². The van der Waals surface area contributed by atoms with Crippen LogP contribution in [0.2, 0.25) is 0 Å². The number of aromatic nitrogens is 2. The highest BCUT2D eigenvalue weighted by atomic mass is 16.5. The van der Waals surface area contributed by atoms with Gasteiger partial charge in [-0.1, -0.05) is 0 Å². The number of nitrogens with zero attached hydrogens (tertiary/aromatic N) is 2. The third kappa shape index (κ3) is 2.94. The van der Waals surface area contributed by atoms with E-state index in [1.807, 2.05) is 36.1 Å². The summed E-state index contributed by atoms with van der Waals surface area (Å²) < 4.78 is 13.2. The molecule has 108 valence electrons. The molecule has 2 atom stereocenters. The molecule has 1 fully saturated rings. The SMILES string of the molecule is Cn1ccnc1C(NCCC1CCCO1)c1ccco1. The van der Waals surface area contributed by atoms with E-state index in [0.717, 1.165) is 31.2 Å². The maximum Gasteiger partial charge on any atom is 0.133 e. The molecule has 1 saturated heterocycles. The second-order valence-corrected chi connectivity index (χ2v) is 5.22. The van der Waals surface area contributed by atoms with Crippen molar-refractivity contribution in [1.82, 2.24) is 14.9 Å². The normalized spacial score (nSPS) is 20.4. The van der Waals surface area contributed by atoms with Gasteiger partial charge >= 0.3 is 0 Å². The molecule has 0 saturated carbocycles. The molecule has 1 aliphatic heterocycles. The third-order valence-corrected chi connectivity index (χ3v) is 3.78. The Hall–Kier alpha value is -1.59. The Morgan fingerprint density at radius 1 is 1.55 bits per heavy atom. The van der Waals surface area contributed by atoms with Crippen LogP contribution < -0.4 is 5.32 Å².